The van der Waals surface area contributed by atoms with Crippen LogP contribution in [-0.2, 0) is 0 Å². The number of hydrogen-bond acceptors (Lipinski definition) is 3. The van der Waals surface area contributed by atoms with Crippen molar-refractivity contribution in [1.82, 2.24) is 0 Å². The van der Waals surface area contributed by atoms with Gasteiger partial charge in [0.1, 0.15) is 10.8 Å². The second kappa shape index (κ2) is 6.28. The molecular formula is C15H9ClFNO3. The van der Waals surface area contributed by atoms with Crippen LogP contribution in [0.1, 0.15) is 15.9 Å². The van der Waals surface area contributed by atoms with E-state index in [9.17, 15) is 19.3 Å². The van der Waals surface area contributed by atoms with Crippen molar-refractivity contribution >= 4 is 29.1 Å². The van der Waals surface area contributed by atoms with Crippen LogP contribution in [0.2, 0.25) is 5.02 Å². The number of ketones is 1. The minimum atomic E-state index is -0.616. The number of carbonyl (C=O) groups is 1. The third-order valence-electron chi connectivity index (χ3n) is 2.73. The first kappa shape index (κ1) is 14.9. The first-order valence-corrected chi connectivity index (χ1v) is 6.27. The van der Waals surface area contributed by atoms with Crippen LogP contribution in [0, 0.1) is 15.9 Å². The lowest BCUT2D eigenvalue weighted by Gasteiger charge is -1.99. The summed E-state index contributed by atoms with van der Waals surface area (Å²) in [6, 6.07) is 9.73. The minimum absolute atomic E-state index is 0.0116. The maximum Gasteiger partial charge on any atom is 0.288 e. The third kappa shape index (κ3) is 3.52. The van der Waals surface area contributed by atoms with Crippen molar-refractivity contribution in [3.8, 4) is 0 Å². The first-order valence-electron chi connectivity index (χ1n) is 5.90. The molecule has 2 rings (SSSR count). The number of benzene rings is 2. The van der Waals surface area contributed by atoms with Crippen LogP contribution in [0.4, 0.5) is 10.1 Å². The van der Waals surface area contributed by atoms with Crippen LogP contribution in [-0.4, -0.2) is 10.7 Å². The Morgan fingerprint density at radius 1 is 1.24 bits per heavy atom. The van der Waals surface area contributed by atoms with E-state index in [1.807, 2.05) is 0 Å². The van der Waals surface area contributed by atoms with Crippen LogP contribution >= 0.6 is 11.6 Å². The molecule has 0 atom stereocenters. The Balaban J connectivity index is 2.26. The number of hydrogen-bond donors (Lipinski definition) is 0. The summed E-state index contributed by atoms with van der Waals surface area (Å²) in [6.45, 7) is 0. The van der Waals surface area contributed by atoms with Crippen LogP contribution in [0.3, 0.4) is 0 Å². The molecule has 21 heavy (non-hydrogen) atoms. The predicted octanol–water partition coefficient (Wildman–Crippen LogP) is 4.28. The maximum atomic E-state index is 13.4. The summed E-state index contributed by atoms with van der Waals surface area (Å²) < 4.78 is 13.4. The number of nitro groups is 1. The Morgan fingerprint density at radius 3 is 2.62 bits per heavy atom. The van der Waals surface area contributed by atoms with E-state index in [4.69, 9.17) is 11.6 Å². The van der Waals surface area contributed by atoms with Crippen LogP contribution in [0.25, 0.3) is 6.08 Å². The molecule has 0 unspecified atom stereocenters. The smallest absolute Gasteiger partial charge is 0.288 e. The molecule has 0 aliphatic heterocycles. The summed E-state index contributed by atoms with van der Waals surface area (Å²) in [7, 11) is 0. The normalized spacial score (nSPS) is 10.8. The average molecular weight is 306 g/mol. The van der Waals surface area contributed by atoms with Gasteiger partial charge in [-0.15, -0.1) is 0 Å². The van der Waals surface area contributed by atoms with Crippen molar-refractivity contribution in [1.29, 1.82) is 0 Å². The summed E-state index contributed by atoms with van der Waals surface area (Å²) in [5.41, 5.74) is 0.116. The third-order valence-corrected chi connectivity index (χ3v) is 3.05. The summed E-state index contributed by atoms with van der Waals surface area (Å²) in [5.74, 6) is -1.14. The highest BCUT2D eigenvalue weighted by Crippen LogP contribution is 2.25. The van der Waals surface area contributed by atoms with Crippen molar-refractivity contribution in [3.05, 3.63) is 80.6 Å². The van der Waals surface area contributed by atoms with E-state index in [0.717, 1.165) is 6.08 Å². The lowest BCUT2D eigenvalue weighted by Crippen LogP contribution is -1.97. The molecule has 0 radical (unpaired) electrons. The summed E-state index contributed by atoms with van der Waals surface area (Å²) in [5, 5.41) is 10.8. The fraction of sp³-hybridized carbons (Fsp3) is 0. The van der Waals surface area contributed by atoms with Crippen molar-refractivity contribution in [2.75, 3.05) is 0 Å². The van der Waals surface area contributed by atoms with Gasteiger partial charge in [0.2, 0.25) is 0 Å². The number of nitro benzene ring substituents is 1. The van der Waals surface area contributed by atoms with Gasteiger partial charge in [-0.1, -0.05) is 35.9 Å². The highest BCUT2D eigenvalue weighted by Gasteiger charge is 2.12. The van der Waals surface area contributed by atoms with Gasteiger partial charge >= 0.3 is 0 Å². The van der Waals surface area contributed by atoms with Gasteiger partial charge in [0.25, 0.3) is 5.69 Å². The number of carbonyl (C=O) groups excluding carboxylic acids is 1. The fourth-order valence-electron chi connectivity index (χ4n) is 1.70. The second-order valence-electron chi connectivity index (χ2n) is 4.15. The Morgan fingerprint density at radius 2 is 1.95 bits per heavy atom. The molecule has 0 aromatic heterocycles. The second-order valence-corrected chi connectivity index (χ2v) is 4.55. The first-order chi connectivity index (χ1) is 9.99. The number of allylic oxidation sites excluding steroid dienone is 1. The van der Waals surface area contributed by atoms with Gasteiger partial charge in [-0.25, -0.2) is 4.39 Å². The molecule has 0 spiro atoms. The van der Waals surface area contributed by atoms with Gasteiger partial charge in [0.15, 0.2) is 5.78 Å². The van der Waals surface area contributed by atoms with Gasteiger partial charge in [0.05, 0.1) is 10.5 Å². The molecule has 2 aromatic carbocycles. The number of nitrogens with zero attached hydrogens (tertiary/aromatic N) is 1. The van der Waals surface area contributed by atoms with Crippen molar-refractivity contribution in [3.63, 3.8) is 0 Å². The van der Waals surface area contributed by atoms with E-state index in [1.165, 1.54) is 42.5 Å². The van der Waals surface area contributed by atoms with Gasteiger partial charge in [-0.3, -0.25) is 14.9 Å². The molecule has 0 saturated carbocycles. The molecular weight excluding hydrogens is 297 g/mol. The number of rotatable bonds is 4. The van der Waals surface area contributed by atoms with E-state index in [0.29, 0.717) is 5.56 Å². The van der Waals surface area contributed by atoms with E-state index >= 15 is 0 Å². The largest absolute Gasteiger partial charge is 0.289 e. The summed E-state index contributed by atoms with van der Waals surface area (Å²) >= 11 is 5.69. The predicted molar refractivity (Wildman–Crippen MR) is 77.9 cm³/mol. The molecule has 0 bridgehead atoms. The minimum Gasteiger partial charge on any atom is -0.289 e. The highest BCUT2D eigenvalue weighted by molar-refractivity contribution is 6.32. The SMILES string of the molecule is O=C(/C=C/c1ccc(Cl)c([N+](=O)[O-])c1)c1ccccc1F. The van der Waals surface area contributed by atoms with Gasteiger partial charge in [-0.05, 0) is 29.8 Å². The zero-order chi connectivity index (χ0) is 15.4. The Kier molecular flexibility index (Phi) is 4.45. The Bertz CT molecular complexity index is 743. The van der Waals surface area contributed by atoms with E-state index in [-0.39, 0.29) is 16.3 Å². The molecule has 0 saturated heterocycles. The lowest BCUT2D eigenvalue weighted by molar-refractivity contribution is -0.384. The van der Waals surface area contributed by atoms with Gasteiger partial charge in [-0.2, -0.15) is 0 Å². The molecule has 0 aliphatic rings. The maximum absolute atomic E-state index is 13.4. The molecule has 0 N–H and O–H groups in total. The zero-order valence-corrected chi connectivity index (χ0v) is 11.4. The highest BCUT2D eigenvalue weighted by atomic mass is 35.5. The topological polar surface area (TPSA) is 60.2 Å². The van der Waals surface area contributed by atoms with E-state index in [2.05, 4.69) is 0 Å². The molecule has 0 fully saturated rings. The van der Waals surface area contributed by atoms with Gasteiger partial charge < -0.3 is 0 Å². The molecule has 6 heteroatoms. The molecule has 2 aromatic rings. The van der Waals surface area contributed by atoms with Gasteiger partial charge in [0, 0.05) is 6.07 Å². The van der Waals surface area contributed by atoms with E-state index in [1.54, 1.807) is 6.07 Å². The molecule has 4 nitrogen and oxygen atoms in total. The Labute approximate surface area is 124 Å². The van der Waals surface area contributed by atoms with Crippen LogP contribution in [0.15, 0.2) is 48.5 Å². The molecule has 0 heterocycles. The van der Waals surface area contributed by atoms with Crippen LogP contribution in [0.5, 0.6) is 0 Å². The monoisotopic (exact) mass is 305 g/mol. The fourth-order valence-corrected chi connectivity index (χ4v) is 1.88. The summed E-state index contributed by atoms with van der Waals surface area (Å²) in [6.07, 6.45) is 2.53. The molecule has 0 amide bonds. The number of halogens is 2. The standard InChI is InChI=1S/C15H9ClFNO3/c16-12-7-5-10(9-14(12)18(20)21)6-8-15(19)11-3-1-2-4-13(11)17/h1-9H/b8-6+. The molecule has 106 valence electrons. The summed E-state index contributed by atoms with van der Waals surface area (Å²) in [4.78, 5) is 22.0. The Hall–Kier alpha value is -2.53. The van der Waals surface area contributed by atoms with Crippen LogP contribution < -0.4 is 0 Å². The zero-order valence-electron chi connectivity index (χ0n) is 10.6. The van der Waals surface area contributed by atoms with Crippen molar-refractivity contribution in [2.45, 2.75) is 0 Å². The molecule has 0 aliphatic carbocycles. The van der Waals surface area contributed by atoms with Crippen molar-refractivity contribution < 1.29 is 14.1 Å². The van der Waals surface area contributed by atoms with E-state index < -0.39 is 16.5 Å². The lowest BCUT2D eigenvalue weighted by atomic mass is 10.1. The quantitative estimate of drug-likeness (QED) is 0.366. The average Bonchev–Trinajstić information content (AvgIpc) is 2.46. The van der Waals surface area contributed by atoms with Crippen molar-refractivity contribution in [2.24, 2.45) is 0 Å².